The fraction of sp³-hybridized carbons (Fsp3) is 0.160. The van der Waals surface area contributed by atoms with E-state index in [0.29, 0.717) is 5.75 Å². The van der Waals surface area contributed by atoms with Crippen LogP contribution in [0, 0.1) is 3.57 Å². The van der Waals surface area contributed by atoms with Crippen LogP contribution in [-0.2, 0) is 0 Å². The van der Waals surface area contributed by atoms with Gasteiger partial charge in [-0.25, -0.2) is 4.79 Å². The third-order valence-electron chi connectivity index (χ3n) is 4.70. The number of carbonyl (C=O) groups is 1. The fourth-order valence-corrected chi connectivity index (χ4v) is 3.70. The summed E-state index contributed by atoms with van der Waals surface area (Å²) < 4.78 is 6.84. The second-order valence-corrected chi connectivity index (χ2v) is 7.93. The van der Waals surface area contributed by atoms with Crippen LogP contribution in [0.1, 0.15) is 30.0 Å². The highest BCUT2D eigenvalue weighted by atomic mass is 127. The van der Waals surface area contributed by atoms with Crippen LogP contribution in [0.25, 0.3) is 11.1 Å². The van der Waals surface area contributed by atoms with Crippen LogP contribution in [0.3, 0.4) is 0 Å². The number of carboxylic acid groups (broad SMARTS) is 1. The van der Waals surface area contributed by atoms with Crippen molar-refractivity contribution in [2.45, 2.75) is 13.3 Å². The Balaban J connectivity index is 1.96. The summed E-state index contributed by atoms with van der Waals surface area (Å²) in [7, 11) is 0. The standard InChI is InChI=1S/C25H24INO3/c1-2-23(18-6-4-3-5-7-18)24(19-8-12-21(26)13-9-19)20-10-14-22(15-11-20)30-17-16-27-25(28)29/h3-15,27H,2,16-17H2,1H3,(H,28,29). The summed E-state index contributed by atoms with van der Waals surface area (Å²) in [5.41, 5.74) is 6.01. The number of hydrogen-bond acceptors (Lipinski definition) is 2. The van der Waals surface area contributed by atoms with Crippen LogP contribution in [0.4, 0.5) is 4.79 Å². The highest BCUT2D eigenvalue weighted by Gasteiger charge is 2.13. The van der Waals surface area contributed by atoms with E-state index >= 15 is 0 Å². The number of hydrogen-bond donors (Lipinski definition) is 2. The van der Waals surface area contributed by atoms with Gasteiger partial charge in [-0.05, 0) is 81.1 Å². The van der Waals surface area contributed by atoms with Gasteiger partial charge in [0.1, 0.15) is 12.4 Å². The van der Waals surface area contributed by atoms with Crippen LogP contribution >= 0.6 is 22.6 Å². The molecule has 0 spiro atoms. The first-order valence-electron chi connectivity index (χ1n) is 9.83. The number of halogens is 1. The summed E-state index contributed by atoms with van der Waals surface area (Å²) >= 11 is 2.32. The molecular formula is C25H24INO3. The number of rotatable bonds is 8. The second-order valence-electron chi connectivity index (χ2n) is 6.68. The molecule has 0 aliphatic heterocycles. The Hall–Kier alpha value is -2.80. The molecular weight excluding hydrogens is 489 g/mol. The van der Waals surface area contributed by atoms with E-state index in [2.05, 4.69) is 95.5 Å². The fourth-order valence-electron chi connectivity index (χ4n) is 3.34. The van der Waals surface area contributed by atoms with Gasteiger partial charge >= 0.3 is 6.09 Å². The Labute approximate surface area is 190 Å². The molecule has 1 amide bonds. The van der Waals surface area contributed by atoms with Gasteiger partial charge < -0.3 is 15.2 Å². The van der Waals surface area contributed by atoms with Gasteiger partial charge in [-0.15, -0.1) is 0 Å². The van der Waals surface area contributed by atoms with E-state index in [-0.39, 0.29) is 13.2 Å². The van der Waals surface area contributed by atoms with Gasteiger partial charge in [-0.1, -0.05) is 61.5 Å². The quantitative estimate of drug-likeness (QED) is 0.211. The highest BCUT2D eigenvalue weighted by Crippen LogP contribution is 2.35. The van der Waals surface area contributed by atoms with Crippen molar-refractivity contribution < 1.29 is 14.6 Å². The van der Waals surface area contributed by atoms with Crippen LogP contribution < -0.4 is 10.1 Å². The Bertz CT molecular complexity index is 997. The van der Waals surface area contributed by atoms with Gasteiger partial charge in [0, 0.05) is 3.57 Å². The maximum Gasteiger partial charge on any atom is 0.404 e. The van der Waals surface area contributed by atoms with Crippen molar-refractivity contribution in [3.8, 4) is 5.75 Å². The largest absolute Gasteiger partial charge is 0.492 e. The Kier molecular flexibility index (Phi) is 7.90. The molecule has 0 unspecified atom stereocenters. The lowest BCUT2D eigenvalue weighted by molar-refractivity contribution is 0.191. The lowest BCUT2D eigenvalue weighted by Crippen LogP contribution is -2.26. The molecule has 0 radical (unpaired) electrons. The Morgan fingerprint density at radius 2 is 1.50 bits per heavy atom. The maximum atomic E-state index is 10.5. The normalized spacial score (nSPS) is 11.5. The smallest absolute Gasteiger partial charge is 0.404 e. The van der Waals surface area contributed by atoms with Gasteiger partial charge in [-0.2, -0.15) is 0 Å². The third kappa shape index (κ3) is 5.86. The molecule has 0 saturated carbocycles. The first-order valence-corrected chi connectivity index (χ1v) is 10.9. The van der Waals surface area contributed by atoms with Crippen molar-refractivity contribution >= 4 is 39.8 Å². The van der Waals surface area contributed by atoms with Crippen LogP contribution in [0.2, 0.25) is 0 Å². The maximum absolute atomic E-state index is 10.5. The third-order valence-corrected chi connectivity index (χ3v) is 5.42. The zero-order valence-corrected chi connectivity index (χ0v) is 18.9. The van der Waals surface area contributed by atoms with E-state index in [1.54, 1.807) is 0 Å². The van der Waals surface area contributed by atoms with Crippen LogP contribution in [0.5, 0.6) is 5.75 Å². The van der Waals surface area contributed by atoms with E-state index in [9.17, 15) is 4.79 Å². The lowest BCUT2D eigenvalue weighted by Gasteiger charge is -2.17. The molecule has 3 rings (SSSR count). The van der Waals surface area contributed by atoms with Crippen molar-refractivity contribution in [3.63, 3.8) is 0 Å². The van der Waals surface area contributed by atoms with Gasteiger partial charge in [0.05, 0.1) is 6.54 Å². The van der Waals surface area contributed by atoms with Gasteiger partial charge in [-0.3, -0.25) is 0 Å². The number of ether oxygens (including phenoxy) is 1. The number of amides is 1. The number of allylic oxidation sites excluding steroid dienone is 1. The highest BCUT2D eigenvalue weighted by molar-refractivity contribution is 14.1. The molecule has 154 valence electrons. The molecule has 3 aromatic carbocycles. The van der Waals surface area contributed by atoms with E-state index in [1.807, 2.05) is 18.2 Å². The average molecular weight is 513 g/mol. The van der Waals surface area contributed by atoms with Crippen LogP contribution in [0.15, 0.2) is 78.9 Å². The molecule has 0 heterocycles. The molecule has 4 nitrogen and oxygen atoms in total. The van der Waals surface area contributed by atoms with Crippen molar-refractivity contribution in [3.05, 3.63) is 99.1 Å². The van der Waals surface area contributed by atoms with E-state index in [0.717, 1.165) is 12.0 Å². The number of benzene rings is 3. The predicted octanol–water partition coefficient (Wildman–Crippen LogP) is 6.31. The minimum Gasteiger partial charge on any atom is -0.492 e. The average Bonchev–Trinajstić information content (AvgIpc) is 2.77. The second kappa shape index (κ2) is 10.8. The zero-order chi connectivity index (χ0) is 21.3. The lowest BCUT2D eigenvalue weighted by atomic mass is 9.88. The molecule has 5 heteroatoms. The van der Waals surface area contributed by atoms with Gasteiger partial charge in [0.25, 0.3) is 0 Å². The van der Waals surface area contributed by atoms with Crippen molar-refractivity contribution in [1.29, 1.82) is 0 Å². The van der Waals surface area contributed by atoms with Crippen molar-refractivity contribution in [2.24, 2.45) is 0 Å². The molecule has 0 fully saturated rings. The summed E-state index contributed by atoms with van der Waals surface area (Å²) in [5, 5.41) is 10.9. The van der Waals surface area contributed by atoms with Crippen LogP contribution in [-0.4, -0.2) is 24.4 Å². The molecule has 0 aliphatic carbocycles. The minimum atomic E-state index is -1.05. The van der Waals surface area contributed by atoms with E-state index in [4.69, 9.17) is 9.84 Å². The Morgan fingerprint density at radius 1 is 0.900 bits per heavy atom. The molecule has 0 saturated heterocycles. The molecule has 0 atom stereocenters. The monoisotopic (exact) mass is 513 g/mol. The number of nitrogens with one attached hydrogen (secondary N) is 1. The first-order chi connectivity index (χ1) is 14.6. The SMILES string of the molecule is CCC(=C(c1ccc(I)cc1)c1ccc(OCCNC(=O)O)cc1)c1ccccc1. The minimum absolute atomic E-state index is 0.249. The van der Waals surface area contributed by atoms with E-state index < -0.39 is 6.09 Å². The van der Waals surface area contributed by atoms with Gasteiger partial charge in [0.2, 0.25) is 0 Å². The first kappa shape index (κ1) is 21.9. The molecule has 0 bridgehead atoms. The van der Waals surface area contributed by atoms with E-state index in [1.165, 1.54) is 25.8 Å². The molecule has 3 aromatic rings. The summed E-state index contributed by atoms with van der Waals surface area (Å²) in [6.45, 7) is 2.72. The summed E-state index contributed by atoms with van der Waals surface area (Å²) in [5.74, 6) is 0.714. The molecule has 30 heavy (non-hydrogen) atoms. The summed E-state index contributed by atoms with van der Waals surface area (Å²) in [6.07, 6.45) is -0.140. The Morgan fingerprint density at radius 3 is 2.07 bits per heavy atom. The topological polar surface area (TPSA) is 58.6 Å². The molecule has 0 aliphatic rings. The zero-order valence-electron chi connectivity index (χ0n) is 16.8. The van der Waals surface area contributed by atoms with Crippen molar-refractivity contribution in [1.82, 2.24) is 5.32 Å². The molecule has 2 N–H and O–H groups in total. The summed E-state index contributed by atoms with van der Waals surface area (Å²) in [6, 6.07) is 27.0. The molecule has 0 aromatic heterocycles. The summed E-state index contributed by atoms with van der Waals surface area (Å²) in [4.78, 5) is 10.5. The van der Waals surface area contributed by atoms with Gasteiger partial charge in [0.15, 0.2) is 0 Å². The predicted molar refractivity (Wildman–Crippen MR) is 130 cm³/mol. The van der Waals surface area contributed by atoms with Crippen molar-refractivity contribution in [2.75, 3.05) is 13.2 Å².